The molecular formula is C17H23Cl2N3O. The molecule has 1 fully saturated rings. The first-order chi connectivity index (χ1) is 10.1. The fourth-order valence-electron chi connectivity index (χ4n) is 3.03. The Kier molecular flexibility index (Phi) is 7.26. The molecule has 0 unspecified atom stereocenters. The van der Waals surface area contributed by atoms with Gasteiger partial charge in [-0.2, -0.15) is 0 Å². The molecule has 1 aromatic heterocycles. The molecule has 1 aliphatic heterocycles. The van der Waals surface area contributed by atoms with Gasteiger partial charge in [-0.05, 0) is 57.0 Å². The number of aromatic nitrogens is 1. The fourth-order valence-corrected chi connectivity index (χ4v) is 3.03. The second kappa shape index (κ2) is 8.48. The van der Waals surface area contributed by atoms with Crippen molar-refractivity contribution in [3.8, 4) is 0 Å². The molecule has 0 aliphatic carbocycles. The summed E-state index contributed by atoms with van der Waals surface area (Å²) in [6, 6.07) is 8.31. The molecule has 6 heteroatoms. The Morgan fingerprint density at radius 3 is 2.83 bits per heavy atom. The number of piperidine rings is 1. The second-order valence-corrected chi connectivity index (χ2v) is 5.90. The van der Waals surface area contributed by atoms with E-state index in [9.17, 15) is 4.79 Å². The van der Waals surface area contributed by atoms with Gasteiger partial charge >= 0.3 is 0 Å². The van der Waals surface area contributed by atoms with Crippen LogP contribution in [0.2, 0.25) is 0 Å². The third-order valence-electron chi connectivity index (χ3n) is 4.22. The molecule has 23 heavy (non-hydrogen) atoms. The zero-order valence-electron chi connectivity index (χ0n) is 13.3. The van der Waals surface area contributed by atoms with E-state index in [0.29, 0.717) is 6.04 Å². The summed E-state index contributed by atoms with van der Waals surface area (Å²) in [4.78, 5) is 16.9. The lowest BCUT2D eigenvalue weighted by Gasteiger charge is -2.27. The Morgan fingerprint density at radius 2 is 2.09 bits per heavy atom. The number of halogens is 2. The summed E-state index contributed by atoms with van der Waals surface area (Å²) in [5.41, 5.74) is 2.94. The summed E-state index contributed by atoms with van der Waals surface area (Å²) in [6.45, 7) is 5.08. The number of nitrogens with zero attached hydrogens (tertiary/aromatic N) is 1. The van der Waals surface area contributed by atoms with Crippen LogP contribution in [0.15, 0.2) is 30.5 Å². The Labute approximate surface area is 149 Å². The molecule has 2 aromatic rings. The summed E-state index contributed by atoms with van der Waals surface area (Å²) in [5.74, 6) is 0.214. The van der Waals surface area contributed by atoms with Gasteiger partial charge in [-0.25, -0.2) is 0 Å². The molecule has 1 saturated heterocycles. The van der Waals surface area contributed by atoms with Crippen LogP contribution in [0, 0.1) is 12.8 Å². The van der Waals surface area contributed by atoms with Crippen molar-refractivity contribution in [1.82, 2.24) is 10.3 Å². The first-order valence-corrected chi connectivity index (χ1v) is 7.53. The highest BCUT2D eigenvalue weighted by molar-refractivity contribution is 6.02. The van der Waals surface area contributed by atoms with E-state index >= 15 is 0 Å². The van der Waals surface area contributed by atoms with Gasteiger partial charge in [0.25, 0.3) is 0 Å². The maximum Gasteiger partial charge on any atom is 0.227 e. The van der Waals surface area contributed by atoms with Gasteiger partial charge in [0.15, 0.2) is 0 Å². The number of nitrogens with one attached hydrogen (secondary N) is 2. The topological polar surface area (TPSA) is 54.0 Å². The molecule has 0 saturated carbocycles. The van der Waals surface area contributed by atoms with Gasteiger partial charge in [0.05, 0.1) is 11.2 Å². The summed E-state index contributed by atoms with van der Waals surface area (Å²) in [7, 11) is 0. The predicted octanol–water partition coefficient (Wildman–Crippen LogP) is 3.71. The van der Waals surface area contributed by atoms with E-state index in [0.717, 1.165) is 41.5 Å². The van der Waals surface area contributed by atoms with Gasteiger partial charge in [0.2, 0.25) is 5.91 Å². The molecule has 2 N–H and O–H groups in total. The number of anilines is 1. The highest BCUT2D eigenvalue weighted by Gasteiger charge is 2.25. The van der Waals surface area contributed by atoms with Crippen molar-refractivity contribution in [3.05, 3.63) is 36.0 Å². The van der Waals surface area contributed by atoms with E-state index < -0.39 is 0 Å². The number of carbonyl (C=O) groups excluding carboxylic acids is 1. The minimum absolute atomic E-state index is 0. The summed E-state index contributed by atoms with van der Waals surface area (Å²) < 4.78 is 0. The SMILES string of the molecule is Cc1ccc(NC(=O)[C@H]2CCN[C@@H](C)C2)c2cccnc12.Cl.Cl. The molecule has 1 aliphatic rings. The van der Waals surface area contributed by atoms with Crippen LogP contribution in [0.1, 0.15) is 25.3 Å². The molecule has 3 rings (SSSR count). The number of aryl methyl sites for hydroxylation is 1. The van der Waals surface area contributed by atoms with Crippen molar-refractivity contribution >= 4 is 47.3 Å². The van der Waals surface area contributed by atoms with Crippen molar-refractivity contribution in [2.24, 2.45) is 5.92 Å². The van der Waals surface area contributed by atoms with Gasteiger partial charge in [-0.15, -0.1) is 24.8 Å². The average molecular weight is 356 g/mol. The zero-order valence-corrected chi connectivity index (χ0v) is 15.0. The molecule has 0 radical (unpaired) electrons. The molecule has 4 nitrogen and oxygen atoms in total. The first-order valence-electron chi connectivity index (χ1n) is 7.53. The summed E-state index contributed by atoms with van der Waals surface area (Å²) in [6.07, 6.45) is 3.58. The van der Waals surface area contributed by atoms with Crippen LogP contribution in [-0.2, 0) is 4.79 Å². The fraction of sp³-hybridized carbons (Fsp3) is 0.412. The van der Waals surface area contributed by atoms with E-state index in [1.165, 1.54) is 0 Å². The summed E-state index contributed by atoms with van der Waals surface area (Å²) >= 11 is 0. The average Bonchev–Trinajstić information content (AvgIpc) is 2.50. The van der Waals surface area contributed by atoms with Crippen molar-refractivity contribution in [2.75, 3.05) is 11.9 Å². The number of hydrogen-bond donors (Lipinski definition) is 2. The van der Waals surface area contributed by atoms with Crippen LogP contribution < -0.4 is 10.6 Å². The minimum atomic E-state index is 0. The number of pyridine rings is 1. The third-order valence-corrected chi connectivity index (χ3v) is 4.22. The largest absolute Gasteiger partial charge is 0.325 e. The molecule has 0 spiro atoms. The number of carbonyl (C=O) groups is 1. The quantitative estimate of drug-likeness (QED) is 0.863. The standard InChI is InChI=1S/C17H21N3O.2ClH/c1-11-5-6-15(14-4-3-8-19-16(11)14)20-17(21)13-7-9-18-12(2)10-13;;/h3-6,8,12-13,18H,7,9-10H2,1-2H3,(H,20,21);2*1H/t12-,13-;;/m0../s1. The number of hydrogen-bond acceptors (Lipinski definition) is 3. The number of rotatable bonds is 2. The maximum atomic E-state index is 12.5. The third kappa shape index (κ3) is 4.34. The lowest BCUT2D eigenvalue weighted by atomic mass is 9.92. The minimum Gasteiger partial charge on any atom is -0.325 e. The van der Waals surface area contributed by atoms with Crippen molar-refractivity contribution in [1.29, 1.82) is 0 Å². The van der Waals surface area contributed by atoms with E-state index in [1.54, 1.807) is 6.20 Å². The Bertz CT molecular complexity index is 678. The number of fused-ring (bicyclic) bond motifs is 1. The monoisotopic (exact) mass is 355 g/mol. The normalized spacial score (nSPS) is 20.3. The smallest absolute Gasteiger partial charge is 0.227 e. The molecule has 126 valence electrons. The van der Waals surface area contributed by atoms with Gasteiger partial charge in [-0.1, -0.05) is 6.07 Å². The van der Waals surface area contributed by atoms with Crippen LogP contribution in [0.25, 0.3) is 10.9 Å². The van der Waals surface area contributed by atoms with Gasteiger partial charge in [0.1, 0.15) is 0 Å². The predicted molar refractivity (Wildman–Crippen MR) is 99.8 cm³/mol. The molecule has 2 atom stereocenters. The van der Waals surface area contributed by atoms with E-state index in [2.05, 4.69) is 22.5 Å². The number of benzene rings is 1. The molecule has 1 amide bonds. The van der Waals surface area contributed by atoms with Crippen LogP contribution in [-0.4, -0.2) is 23.5 Å². The van der Waals surface area contributed by atoms with Crippen molar-refractivity contribution in [3.63, 3.8) is 0 Å². The first kappa shape index (κ1) is 19.7. The van der Waals surface area contributed by atoms with Crippen molar-refractivity contribution < 1.29 is 4.79 Å². The number of amides is 1. The Morgan fingerprint density at radius 1 is 1.30 bits per heavy atom. The second-order valence-electron chi connectivity index (χ2n) is 5.90. The Balaban J connectivity index is 0.00000132. The van der Waals surface area contributed by atoms with Crippen LogP contribution in [0.5, 0.6) is 0 Å². The van der Waals surface area contributed by atoms with Crippen LogP contribution >= 0.6 is 24.8 Å². The maximum absolute atomic E-state index is 12.5. The van der Waals surface area contributed by atoms with Crippen LogP contribution in [0.4, 0.5) is 5.69 Å². The summed E-state index contributed by atoms with van der Waals surface area (Å²) in [5, 5.41) is 7.48. The molecule has 1 aromatic carbocycles. The van der Waals surface area contributed by atoms with Gasteiger partial charge in [-0.3, -0.25) is 9.78 Å². The Hall–Kier alpha value is -1.36. The van der Waals surface area contributed by atoms with E-state index in [-0.39, 0.29) is 36.6 Å². The van der Waals surface area contributed by atoms with E-state index in [1.807, 2.05) is 31.2 Å². The zero-order chi connectivity index (χ0) is 14.8. The van der Waals surface area contributed by atoms with Crippen molar-refractivity contribution in [2.45, 2.75) is 32.7 Å². The van der Waals surface area contributed by atoms with E-state index in [4.69, 9.17) is 0 Å². The highest BCUT2D eigenvalue weighted by Crippen LogP contribution is 2.26. The highest BCUT2D eigenvalue weighted by atomic mass is 35.5. The molecule has 0 bridgehead atoms. The van der Waals surface area contributed by atoms with Crippen LogP contribution in [0.3, 0.4) is 0 Å². The van der Waals surface area contributed by atoms with Gasteiger partial charge in [0, 0.05) is 23.5 Å². The van der Waals surface area contributed by atoms with Gasteiger partial charge < -0.3 is 10.6 Å². The lowest BCUT2D eigenvalue weighted by molar-refractivity contribution is -0.120. The molecule has 2 heterocycles. The lowest BCUT2D eigenvalue weighted by Crippen LogP contribution is -2.40. The molecular weight excluding hydrogens is 333 g/mol.